The van der Waals surface area contributed by atoms with Crippen LogP contribution in [0.25, 0.3) is 27.8 Å². The largest absolute Gasteiger partial charge is 0.384 e. The molecular formula is C18H17N9O. The van der Waals surface area contributed by atoms with E-state index in [1.807, 2.05) is 18.2 Å². The van der Waals surface area contributed by atoms with Gasteiger partial charge in [-0.2, -0.15) is 15.2 Å². The standard InChI is InChI=1S/C18H17N9O/c1-18(2,28)15-12-4-3-11(7-13(12)24-25-15)22-17-23-16-14(10-8-20-21-9-10)19-5-6-27(16)26-17/h3-9,28H,1-2H3,(H,20,21)(H,22,26)(H,24,25). The summed E-state index contributed by atoms with van der Waals surface area (Å²) in [5.41, 5.74) is 3.35. The highest BCUT2D eigenvalue weighted by Crippen LogP contribution is 2.28. The molecule has 0 saturated heterocycles. The molecule has 0 spiro atoms. The van der Waals surface area contributed by atoms with Crippen LogP contribution in [-0.4, -0.2) is 45.1 Å². The number of nitrogens with zero attached hydrogens (tertiary/aromatic N) is 6. The van der Waals surface area contributed by atoms with Crippen LogP contribution in [0, 0.1) is 0 Å². The van der Waals surface area contributed by atoms with Gasteiger partial charge in [-0.15, -0.1) is 5.10 Å². The highest BCUT2D eigenvalue weighted by molar-refractivity contribution is 5.86. The molecule has 0 saturated carbocycles. The van der Waals surface area contributed by atoms with Gasteiger partial charge in [-0.3, -0.25) is 15.2 Å². The Morgan fingerprint density at radius 2 is 2.14 bits per heavy atom. The first-order valence-corrected chi connectivity index (χ1v) is 8.67. The third-order valence-corrected chi connectivity index (χ3v) is 4.42. The molecular weight excluding hydrogens is 358 g/mol. The fraction of sp³-hybridized carbons (Fsp3) is 0.167. The van der Waals surface area contributed by atoms with Crippen LogP contribution in [-0.2, 0) is 5.60 Å². The fourth-order valence-electron chi connectivity index (χ4n) is 3.15. The van der Waals surface area contributed by atoms with Gasteiger partial charge < -0.3 is 10.4 Å². The molecule has 28 heavy (non-hydrogen) atoms. The van der Waals surface area contributed by atoms with E-state index < -0.39 is 5.60 Å². The second-order valence-corrected chi connectivity index (χ2v) is 6.98. The van der Waals surface area contributed by atoms with Crippen molar-refractivity contribution >= 4 is 28.2 Å². The van der Waals surface area contributed by atoms with Gasteiger partial charge in [0, 0.05) is 35.2 Å². The molecule has 4 N–H and O–H groups in total. The normalized spacial score (nSPS) is 12.1. The molecule has 0 radical (unpaired) electrons. The molecule has 0 unspecified atom stereocenters. The summed E-state index contributed by atoms with van der Waals surface area (Å²) >= 11 is 0. The summed E-state index contributed by atoms with van der Waals surface area (Å²) in [7, 11) is 0. The molecule has 0 aliphatic heterocycles. The molecule has 4 aromatic heterocycles. The second-order valence-electron chi connectivity index (χ2n) is 6.98. The van der Waals surface area contributed by atoms with Crippen LogP contribution < -0.4 is 5.32 Å². The van der Waals surface area contributed by atoms with Crippen LogP contribution in [0.5, 0.6) is 0 Å². The first-order valence-electron chi connectivity index (χ1n) is 8.67. The van der Waals surface area contributed by atoms with Crippen molar-refractivity contribution in [2.24, 2.45) is 0 Å². The van der Waals surface area contributed by atoms with Crippen molar-refractivity contribution < 1.29 is 5.11 Å². The fourth-order valence-corrected chi connectivity index (χ4v) is 3.15. The van der Waals surface area contributed by atoms with Gasteiger partial charge in [0.05, 0.1) is 11.7 Å². The molecule has 5 aromatic rings. The van der Waals surface area contributed by atoms with Gasteiger partial charge >= 0.3 is 0 Å². The number of nitrogens with one attached hydrogen (secondary N) is 3. The number of aromatic amines is 2. The molecule has 10 heteroatoms. The smallest absolute Gasteiger partial charge is 0.247 e. The Hall–Kier alpha value is -3.79. The minimum Gasteiger partial charge on any atom is -0.384 e. The molecule has 0 aliphatic rings. The first-order chi connectivity index (χ1) is 13.5. The van der Waals surface area contributed by atoms with E-state index in [9.17, 15) is 5.11 Å². The van der Waals surface area contributed by atoms with E-state index in [0.29, 0.717) is 23.0 Å². The summed E-state index contributed by atoms with van der Waals surface area (Å²) in [5, 5.41) is 32.7. The van der Waals surface area contributed by atoms with Crippen molar-refractivity contribution in [1.82, 2.24) is 40.0 Å². The van der Waals surface area contributed by atoms with E-state index in [-0.39, 0.29) is 0 Å². The Balaban J connectivity index is 1.51. The molecule has 140 valence electrons. The topological polar surface area (TPSA) is 133 Å². The van der Waals surface area contributed by atoms with Crippen LogP contribution in [0.3, 0.4) is 0 Å². The molecule has 1 aromatic carbocycles. The van der Waals surface area contributed by atoms with E-state index in [2.05, 4.69) is 40.8 Å². The molecule has 10 nitrogen and oxygen atoms in total. The molecule has 0 amide bonds. The zero-order valence-corrected chi connectivity index (χ0v) is 15.2. The Morgan fingerprint density at radius 1 is 1.25 bits per heavy atom. The zero-order chi connectivity index (χ0) is 19.3. The number of H-pyrrole nitrogens is 2. The summed E-state index contributed by atoms with van der Waals surface area (Å²) in [6.45, 7) is 3.42. The summed E-state index contributed by atoms with van der Waals surface area (Å²) in [6.07, 6.45) is 6.86. The van der Waals surface area contributed by atoms with Crippen molar-refractivity contribution in [2.75, 3.05) is 5.32 Å². The summed E-state index contributed by atoms with van der Waals surface area (Å²) in [5.74, 6) is 0.444. The predicted molar refractivity (Wildman–Crippen MR) is 103 cm³/mol. The maximum absolute atomic E-state index is 10.2. The van der Waals surface area contributed by atoms with Gasteiger partial charge in [0.25, 0.3) is 0 Å². The Morgan fingerprint density at radius 3 is 2.93 bits per heavy atom. The average Bonchev–Trinajstić information content (AvgIpc) is 3.39. The predicted octanol–water partition coefficient (Wildman–Crippen LogP) is 2.36. The number of rotatable bonds is 4. The number of aliphatic hydroxyl groups is 1. The summed E-state index contributed by atoms with van der Waals surface area (Å²) in [6, 6.07) is 5.70. The van der Waals surface area contributed by atoms with E-state index in [1.165, 1.54) is 0 Å². The Labute approximate surface area is 158 Å². The number of hydrogen-bond acceptors (Lipinski definition) is 7. The Kier molecular flexibility index (Phi) is 3.43. The van der Waals surface area contributed by atoms with Gasteiger partial charge in [-0.1, -0.05) is 0 Å². The number of aromatic nitrogens is 8. The molecule has 0 atom stereocenters. The highest BCUT2D eigenvalue weighted by Gasteiger charge is 2.22. The van der Waals surface area contributed by atoms with Gasteiger partial charge in [0.1, 0.15) is 17.0 Å². The van der Waals surface area contributed by atoms with Crippen molar-refractivity contribution in [3.63, 3.8) is 0 Å². The number of hydrogen-bond donors (Lipinski definition) is 4. The first kappa shape index (κ1) is 16.4. The summed E-state index contributed by atoms with van der Waals surface area (Å²) in [4.78, 5) is 8.95. The highest BCUT2D eigenvalue weighted by atomic mass is 16.3. The average molecular weight is 375 g/mol. The van der Waals surface area contributed by atoms with Crippen LogP contribution >= 0.6 is 0 Å². The van der Waals surface area contributed by atoms with Crippen LogP contribution in [0.1, 0.15) is 19.5 Å². The van der Waals surface area contributed by atoms with Gasteiger partial charge in [0.2, 0.25) is 5.95 Å². The van der Waals surface area contributed by atoms with E-state index in [1.54, 1.807) is 43.2 Å². The van der Waals surface area contributed by atoms with E-state index in [0.717, 1.165) is 22.2 Å². The lowest BCUT2D eigenvalue weighted by atomic mass is 10.0. The number of anilines is 2. The van der Waals surface area contributed by atoms with E-state index in [4.69, 9.17) is 0 Å². The van der Waals surface area contributed by atoms with Crippen LogP contribution in [0.2, 0.25) is 0 Å². The number of fused-ring (bicyclic) bond motifs is 2. The SMILES string of the molecule is CC(C)(O)c1n[nH]c2cc(Nc3nc4c(-c5cn[nH]c5)nccn4n3)ccc12. The maximum atomic E-state index is 10.2. The minimum atomic E-state index is -1.02. The summed E-state index contributed by atoms with van der Waals surface area (Å²) < 4.78 is 1.67. The molecule has 4 heterocycles. The van der Waals surface area contributed by atoms with Crippen LogP contribution in [0.15, 0.2) is 43.0 Å². The molecule has 0 fully saturated rings. The quantitative estimate of drug-likeness (QED) is 0.379. The van der Waals surface area contributed by atoms with Crippen molar-refractivity contribution in [3.8, 4) is 11.3 Å². The maximum Gasteiger partial charge on any atom is 0.247 e. The molecule has 0 aliphatic carbocycles. The third-order valence-electron chi connectivity index (χ3n) is 4.42. The van der Waals surface area contributed by atoms with Crippen molar-refractivity contribution in [1.29, 1.82) is 0 Å². The molecule has 0 bridgehead atoms. The second kappa shape index (κ2) is 5.86. The number of benzene rings is 1. The van der Waals surface area contributed by atoms with Crippen LogP contribution in [0.4, 0.5) is 11.6 Å². The minimum absolute atomic E-state index is 0.444. The lowest BCUT2D eigenvalue weighted by Crippen LogP contribution is -2.16. The van der Waals surface area contributed by atoms with Gasteiger partial charge in [-0.05, 0) is 32.0 Å². The van der Waals surface area contributed by atoms with E-state index >= 15 is 0 Å². The van der Waals surface area contributed by atoms with Gasteiger partial charge in [-0.25, -0.2) is 4.52 Å². The Bertz CT molecular complexity index is 1280. The van der Waals surface area contributed by atoms with Crippen molar-refractivity contribution in [3.05, 3.63) is 48.7 Å². The van der Waals surface area contributed by atoms with Gasteiger partial charge in [0.15, 0.2) is 5.65 Å². The molecule has 5 rings (SSSR count). The zero-order valence-electron chi connectivity index (χ0n) is 15.2. The monoisotopic (exact) mass is 375 g/mol. The van der Waals surface area contributed by atoms with Crippen molar-refractivity contribution in [2.45, 2.75) is 19.4 Å². The lowest BCUT2D eigenvalue weighted by Gasteiger charge is -2.14. The third kappa shape index (κ3) is 2.67. The lowest BCUT2D eigenvalue weighted by molar-refractivity contribution is 0.0753.